The summed E-state index contributed by atoms with van der Waals surface area (Å²) in [6.45, 7) is 1.85. The van der Waals surface area contributed by atoms with Crippen molar-refractivity contribution in [3.8, 4) is 0 Å². The van der Waals surface area contributed by atoms with Crippen LogP contribution in [-0.4, -0.2) is 13.1 Å². The van der Waals surface area contributed by atoms with E-state index < -0.39 is 11.7 Å². The van der Waals surface area contributed by atoms with E-state index in [0.717, 1.165) is 31.6 Å². The number of benzene rings is 2. The number of nitrogens with zero attached hydrogens (tertiary/aromatic N) is 1. The summed E-state index contributed by atoms with van der Waals surface area (Å²) in [5.41, 5.74) is 0.377. The molecule has 2 aromatic carbocycles. The lowest BCUT2D eigenvalue weighted by atomic mass is 10.0. The lowest BCUT2D eigenvalue weighted by Gasteiger charge is -2.30. The van der Waals surface area contributed by atoms with Crippen LogP contribution in [0.1, 0.15) is 24.8 Å². The van der Waals surface area contributed by atoms with Gasteiger partial charge in [0.25, 0.3) is 0 Å². The topological polar surface area (TPSA) is 3.24 Å². The summed E-state index contributed by atoms with van der Waals surface area (Å²) >= 11 is 0. The lowest BCUT2D eigenvalue weighted by molar-refractivity contribution is -0.136. The van der Waals surface area contributed by atoms with E-state index in [9.17, 15) is 13.2 Å². The SMILES string of the molecule is FC(F)(F)c1ccc(N2CCCCC2)c2ccccc12. The van der Waals surface area contributed by atoms with Gasteiger partial charge in [-0.05, 0) is 36.8 Å². The normalized spacial score (nSPS) is 16.6. The summed E-state index contributed by atoms with van der Waals surface area (Å²) < 4.78 is 39.2. The second kappa shape index (κ2) is 5.00. The molecule has 1 aliphatic heterocycles. The maximum atomic E-state index is 13.1. The predicted molar refractivity (Wildman–Crippen MR) is 75.0 cm³/mol. The molecule has 0 aromatic heterocycles. The fourth-order valence-corrected chi connectivity index (χ4v) is 2.94. The first-order valence-electron chi connectivity index (χ1n) is 6.91. The number of piperidine rings is 1. The molecule has 0 amide bonds. The third kappa shape index (κ3) is 2.35. The highest BCUT2D eigenvalue weighted by molar-refractivity contribution is 5.96. The third-order valence-electron chi connectivity index (χ3n) is 3.90. The zero-order valence-electron chi connectivity index (χ0n) is 11.1. The molecule has 3 rings (SSSR count). The zero-order chi connectivity index (χ0) is 14.2. The molecule has 1 saturated heterocycles. The Morgan fingerprint density at radius 2 is 1.45 bits per heavy atom. The van der Waals surface area contributed by atoms with Gasteiger partial charge in [-0.25, -0.2) is 0 Å². The molecule has 4 heteroatoms. The van der Waals surface area contributed by atoms with E-state index >= 15 is 0 Å². The molecule has 20 heavy (non-hydrogen) atoms. The van der Waals surface area contributed by atoms with Gasteiger partial charge in [-0.3, -0.25) is 0 Å². The third-order valence-corrected chi connectivity index (χ3v) is 3.90. The highest BCUT2D eigenvalue weighted by atomic mass is 19.4. The van der Waals surface area contributed by atoms with Crippen LogP contribution in [0.4, 0.5) is 18.9 Å². The molecular formula is C16H16F3N. The minimum absolute atomic E-state index is 0.295. The van der Waals surface area contributed by atoms with Crippen molar-refractivity contribution >= 4 is 16.5 Å². The van der Waals surface area contributed by atoms with Crippen LogP contribution in [-0.2, 0) is 6.18 Å². The summed E-state index contributed by atoms with van der Waals surface area (Å²) in [6, 6.07) is 9.65. The molecule has 0 radical (unpaired) electrons. The van der Waals surface area contributed by atoms with Gasteiger partial charge in [-0.2, -0.15) is 13.2 Å². The van der Waals surface area contributed by atoms with Gasteiger partial charge >= 0.3 is 6.18 Å². The van der Waals surface area contributed by atoms with E-state index in [1.165, 1.54) is 12.5 Å². The molecule has 1 fully saturated rings. The Morgan fingerprint density at radius 3 is 2.10 bits per heavy atom. The van der Waals surface area contributed by atoms with Crippen molar-refractivity contribution in [2.45, 2.75) is 25.4 Å². The van der Waals surface area contributed by atoms with Gasteiger partial charge in [0, 0.05) is 24.2 Å². The van der Waals surface area contributed by atoms with Gasteiger partial charge in [0.05, 0.1) is 5.56 Å². The van der Waals surface area contributed by atoms with E-state index in [1.807, 2.05) is 0 Å². The molecule has 1 nitrogen and oxygen atoms in total. The van der Waals surface area contributed by atoms with E-state index in [1.54, 1.807) is 30.3 Å². The Hall–Kier alpha value is -1.71. The minimum atomic E-state index is -4.31. The van der Waals surface area contributed by atoms with Crippen molar-refractivity contribution in [3.05, 3.63) is 42.0 Å². The van der Waals surface area contributed by atoms with Crippen molar-refractivity contribution < 1.29 is 13.2 Å². The second-order valence-corrected chi connectivity index (χ2v) is 5.22. The van der Waals surface area contributed by atoms with Crippen LogP contribution in [0.5, 0.6) is 0 Å². The number of anilines is 1. The Kier molecular flexibility index (Phi) is 3.32. The number of fused-ring (bicyclic) bond motifs is 1. The largest absolute Gasteiger partial charge is 0.417 e. The molecule has 2 aromatic rings. The first kappa shape index (κ1) is 13.3. The minimum Gasteiger partial charge on any atom is -0.371 e. The number of hydrogen-bond acceptors (Lipinski definition) is 1. The molecule has 1 heterocycles. The number of alkyl halides is 3. The smallest absolute Gasteiger partial charge is 0.371 e. The van der Waals surface area contributed by atoms with Gasteiger partial charge in [0.1, 0.15) is 0 Å². The molecular weight excluding hydrogens is 263 g/mol. The Morgan fingerprint density at radius 1 is 0.800 bits per heavy atom. The van der Waals surface area contributed by atoms with E-state index in [2.05, 4.69) is 4.90 Å². The van der Waals surface area contributed by atoms with E-state index in [4.69, 9.17) is 0 Å². The fraction of sp³-hybridized carbons (Fsp3) is 0.375. The Labute approximate surface area is 116 Å². The van der Waals surface area contributed by atoms with Crippen molar-refractivity contribution in [1.82, 2.24) is 0 Å². The fourth-order valence-electron chi connectivity index (χ4n) is 2.94. The Bertz CT molecular complexity index is 613. The molecule has 0 atom stereocenters. The van der Waals surface area contributed by atoms with Gasteiger partial charge in [0.2, 0.25) is 0 Å². The number of halogens is 3. The van der Waals surface area contributed by atoms with Gasteiger partial charge in [-0.1, -0.05) is 24.3 Å². The molecule has 0 spiro atoms. The molecule has 0 N–H and O–H groups in total. The standard InChI is InChI=1S/C16H16F3N/c17-16(18,19)14-8-9-15(20-10-4-1-5-11-20)13-7-3-2-6-12(13)14/h2-3,6-9H,1,4-5,10-11H2. The van der Waals surface area contributed by atoms with Crippen molar-refractivity contribution in [3.63, 3.8) is 0 Å². The predicted octanol–water partition coefficient (Wildman–Crippen LogP) is 4.85. The number of hydrogen-bond donors (Lipinski definition) is 0. The molecule has 0 bridgehead atoms. The maximum Gasteiger partial charge on any atom is 0.417 e. The molecule has 0 aliphatic carbocycles. The van der Waals surface area contributed by atoms with E-state index in [-0.39, 0.29) is 0 Å². The van der Waals surface area contributed by atoms with Crippen LogP contribution in [0.25, 0.3) is 10.8 Å². The summed E-state index contributed by atoms with van der Waals surface area (Å²) in [5.74, 6) is 0. The van der Waals surface area contributed by atoms with Gasteiger partial charge < -0.3 is 4.90 Å². The quantitative estimate of drug-likeness (QED) is 0.721. The average molecular weight is 279 g/mol. The molecule has 106 valence electrons. The van der Waals surface area contributed by atoms with Crippen molar-refractivity contribution in [1.29, 1.82) is 0 Å². The van der Waals surface area contributed by atoms with E-state index in [0.29, 0.717) is 10.8 Å². The zero-order valence-corrected chi connectivity index (χ0v) is 11.1. The Balaban J connectivity index is 2.16. The highest BCUT2D eigenvalue weighted by Crippen LogP contribution is 2.38. The highest BCUT2D eigenvalue weighted by Gasteiger charge is 2.33. The second-order valence-electron chi connectivity index (χ2n) is 5.22. The monoisotopic (exact) mass is 279 g/mol. The van der Waals surface area contributed by atoms with Gasteiger partial charge in [0.15, 0.2) is 0 Å². The van der Waals surface area contributed by atoms with Crippen molar-refractivity contribution in [2.75, 3.05) is 18.0 Å². The first-order valence-corrected chi connectivity index (χ1v) is 6.91. The van der Waals surface area contributed by atoms with Gasteiger partial charge in [-0.15, -0.1) is 0 Å². The summed E-state index contributed by atoms with van der Waals surface area (Å²) in [6.07, 6.45) is -0.889. The van der Waals surface area contributed by atoms with Crippen LogP contribution in [0.3, 0.4) is 0 Å². The summed E-state index contributed by atoms with van der Waals surface area (Å²) in [4.78, 5) is 2.20. The maximum absolute atomic E-state index is 13.1. The van der Waals surface area contributed by atoms with Crippen LogP contribution in [0.2, 0.25) is 0 Å². The van der Waals surface area contributed by atoms with Crippen molar-refractivity contribution in [2.24, 2.45) is 0 Å². The summed E-state index contributed by atoms with van der Waals surface area (Å²) in [5, 5.41) is 0.993. The molecule has 1 aliphatic rings. The summed E-state index contributed by atoms with van der Waals surface area (Å²) in [7, 11) is 0. The first-order chi connectivity index (χ1) is 9.57. The van der Waals surface area contributed by atoms with Crippen LogP contribution in [0.15, 0.2) is 36.4 Å². The number of rotatable bonds is 1. The van der Waals surface area contributed by atoms with Crippen LogP contribution < -0.4 is 4.90 Å². The average Bonchev–Trinajstić information content (AvgIpc) is 2.46. The lowest BCUT2D eigenvalue weighted by Crippen LogP contribution is -2.29. The van der Waals surface area contributed by atoms with Crippen LogP contribution >= 0.6 is 0 Å². The van der Waals surface area contributed by atoms with Crippen LogP contribution in [0, 0.1) is 0 Å². The molecule has 0 saturated carbocycles. The molecule has 0 unspecified atom stereocenters.